The molecular weight excluding hydrogens is 928 g/mol. The number of rotatable bonds is 50. The van der Waals surface area contributed by atoms with Crippen molar-refractivity contribution in [1.82, 2.24) is 0 Å². The minimum Gasteiger partial charge on any atom is -0.462 e. The molecule has 3 unspecified atom stereocenters. The second-order valence-electron chi connectivity index (χ2n) is 18.0. The van der Waals surface area contributed by atoms with Gasteiger partial charge in [-0.3, -0.25) is 23.4 Å². The minimum atomic E-state index is -4.79. The molecule has 0 aliphatic carbocycles. The highest BCUT2D eigenvalue weighted by Crippen LogP contribution is 2.43. The van der Waals surface area contributed by atoms with Gasteiger partial charge in [-0.05, 0) is 70.6 Å². The maximum atomic E-state index is 12.9. The van der Waals surface area contributed by atoms with Crippen molar-refractivity contribution >= 4 is 25.7 Å². The molecule has 0 aromatic carbocycles. The lowest BCUT2D eigenvalue weighted by molar-refractivity contribution is -0.160. The van der Waals surface area contributed by atoms with E-state index in [9.17, 15) is 28.9 Å². The Morgan fingerprint density at radius 3 is 1.19 bits per heavy atom. The van der Waals surface area contributed by atoms with Crippen molar-refractivity contribution in [2.75, 3.05) is 26.4 Å². The smallest absolute Gasteiger partial charge is 0.462 e. The van der Waals surface area contributed by atoms with Crippen molar-refractivity contribution in [3.63, 3.8) is 0 Å². The van der Waals surface area contributed by atoms with Crippen molar-refractivity contribution in [2.24, 2.45) is 0 Å². The lowest BCUT2D eigenvalue weighted by atomic mass is 10.0. The van der Waals surface area contributed by atoms with Crippen molar-refractivity contribution < 1.29 is 52.2 Å². The first-order valence-corrected chi connectivity index (χ1v) is 29.3. The van der Waals surface area contributed by atoms with Crippen molar-refractivity contribution in [1.29, 1.82) is 0 Å². The van der Waals surface area contributed by atoms with E-state index in [4.69, 9.17) is 23.3 Å². The Morgan fingerprint density at radius 2 is 0.778 bits per heavy atom. The van der Waals surface area contributed by atoms with Gasteiger partial charge in [0.25, 0.3) is 0 Å². The first-order valence-electron chi connectivity index (χ1n) is 27.8. The maximum absolute atomic E-state index is 12.9. The summed E-state index contributed by atoms with van der Waals surface area (Å²) in [5.74, 6) is -1.71. The van der Waals surface area contributed by atoms with Crippen LogP contribution in [-0.4, -0.2) is 66.5 Å². The molecule has 0 spiro atoms. The number of unbranched alkanes of at least 4 members (excludes halogenated alkanes) is 16. The SMILES string of the molecule is CC/C=C\C/C=C\C/C=C\C/C=C\C/C=C\CC(=O)OC(COC(=O)CCCCCCCCCCCCCCCCCCC)COP(=O)(O)OCC(CO)OC(=O)CC/C=C\C/C=C\C/C=C\C/C=C\CC. The van der Waals surface area contributed by atoms with E-state index < -0.39 is 57.8 Å². The molecule has 12 heteroatoms. The van der Waals surface area contributed by atoms with Crippen LogP contribution >= 0.6 is 7.82 Å². The monoisotopic (exact) mass is 1030 g/mol. The van der Waals surface area contributed by atoms with E-state index in [1.807, 2.05) is 36.5 Å². The van der Waals surface area contributed by atoms with Gasteiger partial charge < -0.3 is 24.2 Å². The zero-order valence-electron chi connectivity index (χ0n) is 45.1. The van der Waals surface area contributed by atoms with E-state index in [1.54, 1.807) is 6.08 Å². The fourth-order valence-corrected chi connectivity index (χ4v) is 7.88. The summed E-state index contributed by atoms with van der Waals surface area (Å²) in [4.78, 5) is 48.3. The Kier molecular flexibility index (Phi) is 50.6. The summed E-state index contributed by atoms with van der Waals surface area (Å²) in [6, 6.07) is 0. The molecule has 0 rings (SSSR count). The quantitative estimate of drug-likeness (QED) is 0.0197. The number of carbonyl (C=O) groups is 3. The number of carbonyl (C=O) groups excluding carboxylic acids is 3. The lowest BCUT2D eigenvalue weighted by Crippen LogP contribution is -2.30. The van der Waals surface area contributed by atoms with Crippen LogP contribution in [0, 0.1) is 0 Å². The molecule has 0 amide bonds. The largest absolute Gasteiger partial charge is 0.472 e. The zero-order valence-corrected chi connectivity index (χ0v) is 46.0. The van der Waals surface area contributed by atoms with Gasteiger partial charge in [0.05, 0.1) is 26.2 Å². The number of aliphatic hydroxyl groups is 1. The van der Waals surface area contributed by atoms with Gasteiger partial charge in [0, 0.05) is 12.8 Å². The van der Waals surface area contributed by atoms with Gasteiger partial charge in [0.1, 0.15) is 12.7 Å². The highest BCUT2D eigenvalue weighted by atomic mass is 31.2. The summed E-state index contributed by atoms with van der Waals surface area (Å²) in [5, 5.41) is 9.77. The van der Waals surface area contributed by atoms with E-state index in [-0.39, 0.29) is 25.9 Å². The van der Waals surface area contributed by atoms with Crippen LogP contribution in [0.25, 0.3) is 0 Å². The van der Waals surface area contributed by atoms with Gasteiger partial charge in [0.15, 0.2) is 6.10 Å². The molecule has 0 fully saturated rings. The van der Waals surface area contributed by atoms with E-state index in [0.29, 0.717) is 19.3 Å². The Balaban J connectivity index is 4.88. The molecule has 0 aromatic rings. The Labute approximate surface area is 437 Å². The highest BCUT2D eigenvalue weighted by molar-refractivity contribution is 7.47. The lowest BCUT2D eigenvalue weighted by Gasteiger charge is -2.21. The number of esters is 3. The first-order chi connectivity index (χ1) is 35.2. The third-order valence-electron chi connectivity index (χ3n) is 11.2. The number of phosphoric acid groups is 1. The number of allylic oxidation sites excluding steroid dienone is 17. The average molecular weight is 1030 g/mol. The van der Waals surface area contributed by atoms with Crippen molar-refractivity contribution in [3.8, 4) is 0 Å². The zero-order chi connectivity index (χ0) is 52.7. The van der Waals surface area contributed by atoms with Crippen LogP contribution in [0.15, 0.2) is 109 Å². The molecule has 0 heterocycles. The Hall–Kier alpha value is -3.86. The topological polar surface area (TPSA) is 155 Å². The Morgan fingerprint density at radius 1 is 0.417 bits per heavy atom. The van der Waals surface area contributed by atoms with Gasteiger partial charge in [-0.15, -0.1) is 0 Å². The standard InChI is InChI=1S/C60H99O11P/c1-4-7-10-13-16-19-22-25-27-28-30-32-34-37-40-43-46-49-58(62)67-53-57(71-60(64)51-48-45-42-39-36-33-29-26-23-20-17-14-11-8-5-2)55-69-72(65,66)68-54-56(52-61)70-59(63)50-47-44-41-38-35-31-24-21-18-15-12-9-6-3/h8-9,11-12,17-18,20-21,26,29,31,35-36,39,41,44-45,48,56-57,61H,4-7,10,13-16,19,22-25,27-28,30,32-34,37-38,40,42-43,46-47,49-55H2,1-3H3,(H,65,66)/b11-8-,12-9-,20-17-,21-18-,29-26-,35-31-,39-36-,44-41-,48-45-. The summed E-state index contributed by atoms with van der Waals surface area (Å²) in [6.45, 7) is 4.21. The van der Waals surface area contributed by atoms with Crippen molar-refractivity contribution in [2.45, 2.75) is 226 Å². The number of aliphatic hydroxyl groups excluding tert-OH is 1. The van der Waals surface area contributed by atoms with Gasteiger partial charge in [-0.25, -0.2) is 4.57 Å². The van der Waals surface area contributed by atoms with E-state index in [2.05, 4.69) is 87.6 Å². The summed E-state index contributed by atoms with van der Waals surface area (Å²) < 4.78 is 39.2. The molecule has 0 aliphatic rings. The molecule has 0 radical (unpaired) electrons. The van der Waals surface area contributed by atoms with E-state index >= 15 is 0 Å². The van der Waals surface area contributed by atoms with Crippen LogP contribution in [0.4, 0.5) is 0 Å². The predicted octanol–water partition coefficient (Wildman–Crippen LogP) is 16.2. The fourth-order valence-electron chi connectivity index (χ4n) is 7.09. The molecule has 0 aliphatic heterocycles. The second kappa shape index (κ2) is 53.4. The fraction of sp³-hybridized carbons (Fsp3) is 0.650. The first kappa shape index (κ1) is 68.1. The molecule has 3 atom stereocenters. The number of ether oxygens (including phenoxy) is 3. The van der Waals surface area contributed by atoms with Crippen LogP contribution in [0.1, 0.15) is 213 Å². The number of hydrogen-bond acceptors (Lipinski definition) is 10. The van der Waals surface area contributed by atoms with Crippen LogP contribution in [0.5, 0.6) is 0 Å². The third-order valence-corrected chi connectivity index (χ3v) is 12.2. The van der Waals surface area contributed by atoms with E-state index in [1.165, 1.54) is 83.5 Å². The number of phosphoric ester groups is 1. The highest BCUT2D eigenvalue weighted by Gasteiger charge is 2.28. The van der Waals surface area contributed by atoms with Crippen LogP contribution in [0.3, 0.4) is 0 Å². The molecule has 0 saturated carbocycles. The predicted molar refractivity (Wildman–Crippen MR) is 297 cm³/mol. The molecular formula is C60H99O11P. The molecule has 410 valence electrons. The molecule has 11 nitrogen and oxygen atoms in total. The minimum absolute atomic E-state index is 0.0446. The molecule has 2 N–H and O–H groups in total. The molecule has 0 aromatic heterocycles. The third kappa shape index (κ3) is 51.1. The molecule has 0 saturated heterocycles. The number of hydrogen-bond donors (Lipinski definition) is 2. The Bertz CT molecular complexity index is 1620. The van der Waals surface area contributed by atoms with Crippen LogP contribution in [0.2, 0.25) is 0 Å². The van der Waals surface area contributed by atoms with Crippen molar-refractivity contribution in [3.05, 3.63) is 109 Å². The van der Waals surface area contributed by atoms with Gasteiger partial charge >= 0.3 is 25.7 Å². The average Bonchev–Trinajstić information content (AvgIpc) is 3.37. The second-order valence-corrected chi connectivity index (χ2v) is 19.5. The summed E-state index contributed by atoms with van der Waals surface area (Å²) in [6.07, 6.45) is 63.9. The molecule has 0 bridgehead atoms. The van der Waals surface area contributed by atoms with E-state index in [0.717, 1.165) is 70.6 Å². The van der Waals surface area contributed by atoms with Gasteiger partial charge in [-0.1, -0.05) is 233 Å². The normalized spacial score (nSPS) is 14.2. The van der Waals surface area contributed by atoms with Crippen LogP contribution in [-0.2, 0) is 42.2 Å². The summed E-state index contributed by atoms with van der Waals surface area (Å²) >= 11 is 0. The summed E-state index contributed by atoms with van der Waals surface area (Å²) in [5.41, 5.74) is 0. The van der Waals surface area contributed by atoms with Gasteiger partial charge in [0.2, 0.25) is 0 Å². The summed E-state index contributed by atoms with van der Waals surface area (Å²) in [7, 11) is -4.79. The maximum Gasteiger partial charge on any atom is 0.472 e. The van der Waals surface area contributed by atoms with Crippen LogP contribution < -0.4 is 0 Å². The molecule has 72 heavy (non-hydrogen) atoms. The van der Waals surface area contributed by atoms with Gasteiger partial charge in [-0.2, -0.15) is 0 Å².